The number of amides is 5. The van der Waals surface area contributed by atoms with Crippen LogP contribution in [0, 0.1) is 0 Å². The second-order valence-electron chi connectivity index (χ2n) is 17.5. The Balaban J connectivity index is 0.708. The Morgan fingerprint density at radius 2 is 1.53 bits per heavy atom. The third-order valence-corrected chi connectivity index (χ3v) is 14.2. The number of hydrogen-bond acceptors (Lipinski definition) is 15. The van der Waals surface area contributed by atoms with E-state index in [0.29, 0.717) is 94.5 Å². The fraction of sp³-hybridized carbons (Fsp3) is 0.460. The maximum atomic E-state index is 13.2. The first-order chi connectivity index (χ1) is 33.8. The minimum Gasteiger partial charge on any atom is -0.496 e. The first kappa shape index (κ1) is 52.1. The summed E-state index contributed by atoms with van der Waals surface area (Å²) in [6, 6.07) is 17.8. The highest BCUT2D eigenvalue weighted by atomic mass is 35.5. The lowest BCUT2D eigenvalue weighted by Gasteiger charge is -2.34. The third-order valence-electron chi connectivity index (χ3n) is 12.3. The van der Waals surface area contributed by atoms with Gasteiger partial charge in [-0.3, -0.25) is 34.2 Å². The van der Waals surface area contributed by atoms with Gasteiger partial charge in [-0.1, -0.05) is 48.0 Å². The van der Waals surface area contributed by atoms with Crippen LogP contribution in [0.5, 0.6) is 5.75 Å². The second kappa shape index (κ2) is 24.9. The molecule has 374 valence electrons. The Hall–Kier alpha value is -5.75. The van der Waals surface area contributed by atoms with E-state index in [-0.39, 0.29) is 42.3 Å². The van der Waals surface area contributed by atoms with E-state index in [1.807, 2.05) is 36.4 Å². The van der Waals surface area contributed by atoms with Gasteiger partial charge in [0.1, 0.15) is 24.8 Å². The lowest BCUT2D eigenvalue weighted by Crippen LogP contribution is -2.54. The van der Waals surface area contributed by atoms with Crippen LogP contribution in [0.2, 0.25) is 5.02 Å². The van der Waals surface area contributed by atoms with Crippen molar-refractivity contribution in [3.63, 3.8) is 0 Å². The van der Waals surface area contributed by atoms with E-state index in [2.05, 4.69) is 31.9 Å². The summed E-state index contributed by atoms with van der Waals surface area (Å²) < 4.78 is 41.2. The van der Waals surface area contributed by atoms with Crippen molar-refractivity contribution in [1.82, 2.24) is 25.5 Å². The average Bonchev–Trinajstić information content (AvgIpc) is 3.60. The van der Waals surface area contributed by atoms with Gasteiger partial charge in [0.05, 0.1) is 81.8 Å². The van der Waals surface area contributed by atoms with Gasteiger partial charge in [0.15, 0.2) is 0 Å². The number of carbonyl (C=O) groups is 5. The van der Waals surface area contributed by atoms with Gasteiger partial charge < -0.3 is 43.8 Å². The molecule has 3 aromatic carbocycles. The number of piperidine rings is 2. The van der Waals surface area contributed by atoms with Gasteiger partial charge in [-0.2, -0.15) is 0 Å². The van der Waals surface area contributed by atoms with Crippen LogP contribution >= 0.6 is 18.7 Å². The largest absolute Gasteiger partial charge is 0.496 e. The van der Waals surface area contributed by atoms with Gasteiger partial charge in [0.2, 0.25) is 17.7 Å². The summed E-state index contributed by atoms with van der Waals surface area (Å²) in [5.41, 5.74) is 4.47. The molecule has 0 aliphatic carbocycles. The van der Waals surface area contributed by atoms with Crippen LogP contribution in [-0.4, -0.2) is 149 Å². The van der Waals surface area contributed by atoms with E-state index in [9.17, 15) is 28.5 Å². The van der Waals surface area contributed by atoms with Crippen LogP contribution in [0.25, 0.3) is 0 Å². The Labute approximate surface area is 412 Å². The molecule has 0 spiro atoms. The molecule has 2 saturated heterocycles. The van der Waals surface area contributed by atoms with Gasteiger partial charge in [0, 0.05) is 85.9 Å². The average molecular weight is 1000 g/mol. The summed E-state index contributed by atoms with van der Waals surface area (Å²) >= 11 is 6.54. The van der Waals surface area contributed by atoms with E-state index in [1.165, 1.54) is 0 Å². The fourth-order valence-corrected chi connectivity index (χ4v) is 10.1. The van der Waals surface area contributed by atoms with Crippen LogP contribution in [0.15, 0.2) is 66.9 Å². The Morgan fingerprint density at radius 1 is 0.829 bits per heavy atom. The number of rotatable bonds is 25. The quantitative estimate of drug-likeness (QED) is 0.0469. The summed E-state index contributed by atoms with van der Waals surface area (Å²) in [7, 11) is -0.838. The number of ether oxygens (including phenoxy) is 5. The smallest absolute Gasteiger partial charge is 0.264 e. The predicted octanol–water partition coefficient (Wildman–Crippen LogP) is 4.62. The SMILES string of the molecule is COc1cc(N2CCC(NC(=O)CCOCCOCCOCCOCCNc3cccc4c3C(=O)N(C3CCC(=O)NC3=O)C4=O)CC2)ccc1Cc1ncc(Cl)c(Cc2ccccc2P(C)(C)=O)n1. The molecule has 70 heavy (non-hydrogen) atoms. The molecular formula is C50H61ClN7O11P. The maximum absolute atomic E-state index is 13.2. The highest BCUT2D eigenvalue weighted by Gasteiger charge is 2.45. The van der Waals surface area contributed by atoms with Crippen LogP contribution in [0.4, 0.5) is 11.4 Å². The number of nitrogens with one attached hydrogen (secondary N) is 3. The third kappa shape index (κ3) is 13.8. The molecular weight excluding hydrogens is 941 g/mol. The number of fused-ring (bicyclic) bond motifs is 1. The summed E-state index contributed by atoms with van der Waals surface area (Å²) in [4.78, 5) is 75.4. The predicted molar refractivity (Wildman–Crippen MR) is 264 cm³/mol. The molecule has 0 saturated carbocycles. The van der Waals surface area contributed by atoms with Crippen LogP contribution in [0.3, 0.4) is 0 Å². The number of aromatic nitrogens is 2. The van der Waals surface area contributed by atoms with E-state index in [1.54, 1.807) is 44.8 Å². The second-order valence-corrected chi connectivity index (χ2v) is 21.1. The Bertz CT molecular complexity index is 2570. The van der Waals surface area contributed by atoms with Gasteiger partial charge >= 0.3 is 0 Å². The molecule has 5 amide bonds. The molecule has 2 fully saturated rings. The normalized spacial score (nSPS) is 16.4. The molecule has 4 aromatic rings. The number of anilines is 2. The molecule has 1 atom stereocenters. The first-order valence-electron chi connectivity index (χ1n) is 23.5. The molecule has 4 heterocycles. The van der Waals surface area contributed by atoms with Crippen molar-refractivity contribution in [2.75, 3.05) is 103 Å². The number of hydrogen-bond donors (Lipinski definition) is 3. The zero-order valence-electron chi connectivity index (χ0n) is 39.8. The van der Waals surface area contributed by atoms with Crippen LogP contribution < -0.4 is 30.9 Å². The van der Waals surface area contributed by atoms with E-state index >= 15 is 0 Å². The number of methoxy groups -OCH3 is 1. The Kier molecular flexibility index (Phi) is 18.5. The Morgan fingerprint density at radius 3 is 2.23 bits per heavy atom. The van der Waals surface area contributed by atoms with Crippen molar-refractivity contribution in [1.29, 1.82) is 0 Å². The van der Waals surface area contributed by atoms with Gasteiger partial charge in [-0.25, -0.2) is 9.97 Å². The highest BCUT2D eigenvalue weighted by molar-refractivity contribution is 7.70. The highest BCUT2D eigenvalue weighted by Crippen LogP contribution is 2.37. The van der Waals surface area contributed by atoms with Gasteiger partial charge in [-0.05, 0) is 56.4 Å². The lowest BCUT2D eigenvalue weighted by molar-refractivity contribution is -0.136. The van der Waals surface area contributed by atoms with E-state index < -0.39 is 36.8 Å². The molecule has 7 rings (SSSR count). The van der Waals surface area contributed by atoms with Crippen LogP contribution in [0.1, 0.15) is 75.5 Å². The number of imide groups is 2. The van der Waals surface area contributed by atoms with Gasteiger partial charge in [0.25, 0.3) is 11.8 Å². The number of halogens is 1. The zero-order chi connectivity index (χ0) is 49.6. The van der Waals surface area contributed by atoms with Gasteiger partial charge in [-0.15, -0.1) is 0 Å². The number of nitrogens with zero attached hydrogens (tertiary/aromatic N) is 4. The minimum absolute atomic E-state index is 0.0437. The molecule has 3 aliphatic heterocycles. The van der Waals surface area contributed by atoms with Crippen molar-refractivity contribution in [2.45, 2.75) is 57.0 Å². The summed E-state index contributed by atoms with van der Waals surface area (Å²) in [6.45, 7) is 8.26. The van der Waals surface area contributed by atoms with Crippen molar-refractivity contribution in [3.05, 3.63) is 106 Å². The fourth-order valence-electron chi connectivity index (χ4n) is 8.69. The summed E-state index contributed by atoms with van der Waals surface area (Å²) in [5.74, 6) is -0.903. The van der Waals surface area contributed by atoms with E-state index in [4.69, 9.17) is 40.3 Å². The summed E-state index contributed by atoms with van der Waals surface area (Å²) in [6.07, 6.45) is 4.55. The van der Waals surface area contributed by atoms with Crippen molar-refractivity contribution < 1.29 is 52.2 Å². The molecule has 3 aliphatic rings. The number of benzene rings is 3. The lowest BCUT2D eigenvalue weighted by atomic mass is 10.0. The molecule has 0 bridgehead atoms. The molecule has 1 aromatic heterocycles. The summed E-state index contributed by atoms with van der Waals surface area (Å²) in [5, 5.41) is 9.78. The van der Waals surface area contributed by atoms with Crippen LogP contribution in [-0.2, 0) is 50.7 Å². The maximum Gasteiger partial charge on any atom is 0.264 e. The molecule has 1 unspecified atom stereocenters. The number of carbonyl (C=O) groups excluding carboxylic acids is 5. The minimum atomic E-state index is -2.49. The van der Waals surface area contributed by atoms with Crippen molar-refractivity contribution in [2.24, 2.45) is 0 Å². The standard InChI is InChI=1S/C50H61ClN7O11P/c1-65-42-31-36(12-11-33(42)30-44-53-32-38(51)40(55-44)29-34-7-4-5-10-43(34)70(2,3)64)57-19-15-35(16-20-57)54-46(60)17-21-66-23-25-68-27-28-69-26-24-67-22-18-52-39-9-6-8-37-47(39)50(63)58(49(37)62)41-13-14-45(59)56-48(41)61/h4-12,31-32,35,41,52H,13-30H2,1-3H3,(H,54,60)(H,56,59,61). The van der Waals surface area contributed by atoms with Crippen molar-refractivity contribution in [3.8, 4) is 5.75 Å². The van der Waals surface area contributed by atoms with E-state index in [0.717, 1.165) is 58.7 Å². The molecule has 0 radical (unpaired) electrons. The van der Waals surface area contributed by atoms with Crippen molar-refractivity contribution >= 4 is 65.0 Å². The zero-order valence-corrected chi connectivity index (χ0v) is 41.5. The molecule has 20 heteroatoms. The first-order valence-corrected chi connectivity index (χ1v) is 26.5. The monoisotopic (exact) mass is 1000 g/mol. The topological polar surface area (TPSA) is 217 Å². The molecule has 18 nitrogen and oxygen atoms in total. The molecule has 3 N–H and O–H groups in total.